The normalized spacial score (nSPS) is 23.8. The fourth-order valence-electron chi connectivity index (χ4n) is 3.57. The molecular formula is C17H26N2O2. The number of hydrogen-bond acceptors (Lipinski definition) is 4. The SMILES string of the molecule is CCOc1cccc(CN2CCC(N3CCCC3)C2)c1O. The van der Waals surface area contributed by atoms with Crippen LogP contribution in [0.2, 0.25) is 0 Å². The zero-order chi connectivity index (χ0) is 14.7. The topological polar surface area (TPSA) is 35.9 Å². The molecule has 2 heterocycles. The summed E-state index contributed by atoms with van der Waals surface area (Å²) < 4.78 is 5.47. The Morgan fingerprint density at radius 2 is 2.05 bits per heavy atom. The van der Waals surface area contributed by atoms with E-state index in [2.05, 4.69) is 9.80 Å². The van der Waals surface area contributed by atoms with Gasteiger partial charge < -0.3 is 9.84 Å². The zero-order valence-electron chi connectivity index (χ0n) is 12.9. The molecule has 2 aliphatic rings. The highest BCUT2D eigenvalue weighted by Crippen LogP contribution is 2.31. The monoisotopic (exact) mass is 290 g/mol. The lowest BCUT2D eigenvalue weighted by molar-refractivity contribution is 0.228. The van der Waals surface area contributed by atoms with Gasteiger partial charge in [-0.15, -0.1) is 0 Å². The smallest absolute Gasteiger partial charge is 0.162 e. The van der Waals surface area contributed by atoms with Crippen molar-refractivity contribution in [3.8, 4) is 11.5 Å². The summed E-state index contributed by atoms with van der Waals surface area (Å²) in [7, 11) is 0. The molecule has 0 aliphatic carbocycles. The molecule has 1 atom stereocenters. The van der Waals surface area contributed by atoms with Gasteiger partial charge in [-0.1, -0.05) is 12.1 Å². The van der Waals surface area contributed by atoms with E-state index in [0.29, 0.717) is 24.1 Å². The number of rotatable bonds is 5. The molecule has 2 saturated heterocycles. The van der Waals surface area contributed by atoms with Gasteiger partial charge in [-0.05, 0) is 45.3 Å². The summed E-state index contributed by atoms with van der Waals surface area (Å²) in [5.41, 5.74) is 0.975. The van der Waals surface area contributed by atoms with Crippen LogP contribution in [0, 0.1) is 0 Å². The van der Waals surface area contributed by atoms with Gasteiger partial charge in [0.1, 0.15) is 0 Å². The molecule has 4 nitrogen and oxygen atoms in total. The summed E-state index contributed by atoms with van der Waals surface area (Å²) in [6, 6.07) is 6.51. The lowest BCUT2D eigenvalue weighted by Crippen LogP contribution is -2.35. The van der Waals surface area contributed by atoms with E-state index < -0.39 is 0 Å². The predicted molar refractivity (Wildman–Crippen MR) is 83.8 cm³/mol. The summed E-state index contributed by atoms with van der Waals surface area (Å²) in [5, 5.41) is 10.3. The van der Waals surface area contributed by atoms with E-state index in [-0.39, 0.29) is 0 Å². The molecule has 1 aromatic rings. The molecule has 1 N–H and O–H groups in total. The van der Waals surface area contributed by atoms with Crippen LogP contribution in [0.1, 0.15) is 31.7 Å². The number of nitrogens with zero attached hydrogens (tertiary/aromatic N) is 2. The molecule has 116 valence electrons. The van der Waals surface area contributed by atoms with E-state index in [0.717, 1.165) is 25.2 Å². The molecule has 2 aliphatic heterocycles. The van der Waals surface area contributed by atoms with Crippen molar-refractivity contribution in [1.82, 2.24) is 9.80 Å². The lowest BCUT2D eigenvalue weighted by atomic mass is 10.1. The van der Waals surface area contributed by atoms with E-state index in [4.69, 9.17) is 4.74 Å². The minimum atomic E-state index is 0.309. The summed E-state index contributed by atoms with van der Waals surface area (Å²) in [6.45, 7) is 8.12. The number of benzene rings is 1. The largest absolute Gasteiger partial charge is 0.504 e. The molecule has 4 heteroatoms. The third-order valence-corrected chi connectivity index (χ3v) is 4.68. The van der Waals surface area contributed by atoms with Crippen LogP contribution in [-0.2, 0) is 6.54 Å². The first-order valence-corrected chi connectivity index (χ1v) is 8.18. The van der Waals surface area contributed by atoms with E-state index in [9.17, 15) is 5.11 Å². The van der Waals surface area contributed by atoms with E-state index >= 15 is 0 Å². The van der Waals surface area contributed by atoms with Crippen molar-refractivity contribution in [2.75, 3.05) is 32.8 Å². The van der Waals surface area contributed by atoms with Crippen molar-refractivity contribution in [2.45, 2.75) is 38.8 Å². The standard InChI is InChI=1S/C17H26N2O2/c1-2-21-16-7-5-6-14(17(16)20)12-18-11-8-15(13-18)19-9-3-4-10-19/h5-7,15,20H,2-4,8-13H2,1H3. The lowest BCUT2D eigenvalue weighted by Gasteiger charge is -2.24. The average Bonchev–Trinajstić information content (AvgIpc) is 3.14. The molecule has 1 unspecified atom stereocenters. The van der Waals surface area contributed by atoms with Crippen LogP contribution in [0.4, 0.5) is 0 Å². The Morgan fingerprint density at radius 1 is 1.24 bits per heavy atom. The van der Waals surface area contributed by atoms with Gasteiger partial charge in [0.2, 0.25) is 0 Å². The maximum Gasteiger partial charge on any atom is 0.162 e. The van der Waals surface area contributed by atoms with Crippen molar-refractivity contribution in [3.05, 3.63) is 23.8 Å². The Hall–Kier alpha value is -1.26. The van der Waals surface area contributed by atoms with Gasteiger partial charge in [0, 0.05) is 31.2 Å². The van der Waals surface area contributed by atoms with Crippen LogP contribution in [-0.4, -0.2) is 53.7 Å². The molecule has 0 bridgehead atoms. The first-order valence-electron chi connectivity index (χ1n) is 8.18. The zero-order valence-corrected chi connectivity index (χ0v) is 12.9. The second kappa shape index (κ2) is 6.67. The van der Waals surface area contributed by atoms with Crippen LogP contribution >= 0.6 is 0 Å². The van der Waals surface area contributed by atoms with E-state index in [1.165, 1.54) is 32.4 Å². The molecule has 0 spiro atoms. The number of ether oxygens (including phenoxy) is 1. The molecule has 0 radical (unpaired) electrons. The molecule has 0 aromatic heterocycles. The van der Waals surface area contributed by atoms with Crippen LogP contribution < -0.4 is 4.74 Å². The van der Waals surface area contributed by atoms with Crippen molar-refractivity contribution < 1.29 is 9.84 Å². The van der Waals surface area contributed by atoms with E-state index in [1.54, 1.807) is 0 Å². The summed E-state index contributed by atoms with van der Waals surface area (Å²) in [6.07, 6.45) is 3.97. The van der Waals surface area contributed by atoms with Gasteiger partial charge >= 0.3 is 0 Å². The van der Waals surface area contributed by atoms with Gasteiger partial charge in [0.15, 0.2) is 11.5 Å². The quantitative estimate of drug-likeness (QED) is 0.903. The van der Waals surface area contributed by atoms with Crippen LogP contribution in [0.15, 0.2) is 18.2 Å². The third-order valence-electron chi connectivity index (χ3n) is 4.68. The molecule has 0 saturated carbocycles. The summed E-state index contributed by atoms with van der Waals surface area (Å²) >= 11 is 0. The van der Waals surface area contributed by atoms with Gasteiger partial charge in [-0.3, -0.25) is 9.80 Å². The predicted octanol–water partition coefficient (Wildman–Crippen LogP) is 2.46. The third kappa shape index (κ3) is 3.33. The maximum atomic E-state index is 10.3. The number of phenols is 1. The first-order chi connectivity index (χ1) is 10.3. The van der Waals surface area contributed by atoms with Crippen molar-refractivity contribution in [3.63, 3.8) is 0 Å². The van der Waals surface area contributed by atoms with Crippen molar-refractivity contribution >= 4 is 0 Å². The van der Waals surface area contributed by atoms with Crippen LogP contribution in [0.5, 0.6) is 11.5 Å². The maximum absolute atomic E-state index is 10.3. The molecule has 3 rings (SSSR count). The van der Waals surface area contributed by atoms with Crippen LogP contribution in [0.3, 0.4) is 0 Å². The van der Waals surface area contributed by atoms with Gasteiger partial charge in [-0.2, -0.15) is 0 Å². The van der Waals surface area contributed by atoms with Gasteiger partial charge in [-0.25, -0.2) is 0 Å². The van der Waals surface area contributed by atoms with Crippen molar-refractivity contribution in [2.24, 2.45) is 0 Å². The Kier molecular flexibility index (Phi) is 4.66. The number of likely N-dealkylation sites (tertiary alicyclic amines) is 2. The fraction of sp³-hybridized carbons (Fsp3) is 0.647. The molecular weight excluding hydrogens is 264 g/mol. The van der Waals surface area contributed by atoms with E-state index in [1.807, 2.05) is 25.1 Å². The highest BCUT2D eigenvalue weighted by atomic mass is 16.5. The second-order valence-corrected chi connectivity index (χ2v) is 6.12. The Labute approximate surface area is 127 Å². The van der Waals surface area contributed by atoms with Crippen LogP contribution in [0.25, 0.3) is 0 Å². The number of hydrogen-bond donors (Lipinski definition) is 1. The van der Waals surface area contributed by atoms with Gasteiger partial charge in [0.05, 0.1) is 6.61 Å². The minimum absolute atomic E-state index is 0.309. The number of para-hydroxylation sites is 1. The first kappa shape index (κ1) is 14.7. The molecule has 21 heavy (non-hydrogen) atoms. The molecule has 2 fully saturated rings. The molecule has 1 aromatic carbocycles. The Bertz CT molecular complexity index is 472. The molecule has 0 amide bonds. The summed E-state index contributed by atoms with van der Waals surface area (Å²) in [4.78, 5) is 5.09. The number of aromatic hydroxyl groups is 1. The second-order valence-electron chi connectivity index (χ2n) is 6.12. The van der Waals surface area contributed by atoms with Crippen molar-refractivity contribution in [1.29, 1.82) is 0 Å². The average molecular weight is 290 g/mol. The minimum Gasteiger partial charge on any atom is -0.504 e. The fourth-order valence-corrected chi connectivity index (χ4v) is 3.57. The highest BCUT2D eigenvalue weighted by molar-refractivity contribution is 5.45. The Morgan fingerprint density at radius 3 is 2.81 bits per heavy atom. The van der Waals surface area contributed by atoms with Gasteiger partial charge in [0.25, 0.3) is 0 Å². The summed E-state index contributed by atoms with van der Waals surface area (Å²) in [5.74, 6) is 0.911. The highest BCUT2D eigenvalue weighted by Gasteiger charge is 2.29. The Balaban J connectivity index is 1.61. The number of phenolic OH excluding ortho intramolecular Hbond substituents is 1.